The molecule has 1 heterocycles. The highest BCUT2D eigenvalue weighted by Crippen LogP contribution is 2.25. The van der Waals surface area contributed by atoms with E-state index in [2.05, 4.69) is 21.7 Å². The Bertz CT molecular complexity index is 567. The van der Waals surface area contributed by atoms with Crippen LogP contribution in [-0.4, -0.2) is 23.0 Å². The van der Waals surface area contributed by atoms with Crippen LogP contribution < -0.4 is 10.6 Å². The molecule has 1 aromatic heterocycles. The Labute approximate surface area is 123 Å². The van der Waals surface area contributed by atoms with Crippen LogP contribution in [0, 0.1) is 0 Å². The van der Waals surface area contributed by atoms with Crippen molar-refractivity contribution in [2.75, 3.05) is 6.54 Å². The number of para-hydroxylation sites is 1. The van der Waals surface area contributed by atoms with Gasteiger partial charge in [-0.3, -0.25) is 10.1 Å². The van der Waals surface area contributed by atoms with Gasteiger partial charge < -0.3 is 5.32 Å². The second-order valence-electron chi connectivity index (χ2n) is 5.92. The van der Waals surface area contributed by atoms with E-state index in [-0.39, 0.29) is 17.5 Å². The Morgan fingerprint density at radius 3 is 2.70 bits per heavy atom. The molecule has 5 heteroatoms. The molecule has 1 amide bonds. The third kappa shape index (κ3) is 4.02. The minimum absolute atomic E-state index is 0.00506. The third-order valence-electron chi connectivity index (χ3n) is 2.76. The van der Waals surface area contributed by atoms with Gasteiger partial charge in [0.1, 0.15) is 5.01 Å². The molecule has 0 spiro atoms. The second kappa shape index (κ2) is 5.89. The summed E-state index contributed by atoms with van der Waals surface area (Å²) in [5.41, 5.74) is 0.818. The molecule has 0 saturated heterocycles. The lowest BCUT2D eigenvalue weighted by molar-refractivity contribution is -0.121. The standard InChI is InChI=1S/C15H21N3OS/c1-10(16-9-13(19)18-15(2,3)4)14-17-11-7-5-6-8-12(11)20-14/h5-8,10,16H,9H2,1-4H3,(H,18,19). The van der Waals surface area contributed by atoms with Gasteiger partial charge in [-0.05, 0) is 39.8 Å². The number of fused-ring (bicyclic) bond motifs is 1. The average molecular weight is 291 g/mol. The normalized spacial score (nSPS) is 13.4. The molecule has 20 heavy (non-hydrogen) atoms. The molecule has 0 aliphatic heterocycles. The molecule has 1 unspecified atom stereocenters. The Balaban J connectivity index is 1.95. The van der Waals surface area contributed by atoms with E-state index < -0.39 is 0 Å². The van der Waals surface area contributed by atoms with Gasteiger partial charge in [-0.25, -0.2) is 4.98 Å². The van der Waals surface area contributed by atoms with E-state index in [1.807, 2.05) is 45.9 Å². The Hall–Kier alpha value is -1.46. The van der Waals surface area contributed by atoms with Crippen molar-refractivity contribution in [3.05, 3.63) is 29.3 Å². The number of aromatic nitrogens is 1. The lowest BCUT2D eigenvalue weighted by Crippen LogP contribution is -2.45. The fraction of sp³-hybridized carbons (Fsp3) is 0.467. The van der Waals surface area contributed by atoms with Crippen molar-refractivity contribution in [3.8, 4) is 0 Å². The number of nitrogens with one attached hydrogen (secondary N) is 2. The van der Waals surface area contributed by atoms with Crippen LogP contribution in [0.4, 0.5) is 0 Å². The minimum Gasteiger partial charge on any atom is -0.350 e. The summed E-state index contributed by atoms with van der Waals surface area (Å²) in [5.74, 6) is 0.00506. The monoisotopic (exact) mass is 291 g/mol. The molecule has 0 fully saturated rings. The Morgan fingerprint density at radius 2 is 2.05 bits per heavy atom. The highest BCUT2D eigenvalue weighted by molar-refractivity contribution is 7.18. The summed E-state index contributed by atoms with van der Waals surface area (Å²) in [5, 5.41) is 7.16. The van der Waals surface area contributed by atoms with Gasteiger partial charge in [0.2, 0.25) is 5.91 Å². The number of hydrogen-bond donors (Lipinski definition) is 2. The van der Waals surface area contributed by atoms with Gasteiger partial charge in [-0.2, -0.15) is 0 Å². The Kier molecular flexibility index (Phi) is 4.40. The van der Waals surface area contributed by atoms with Gasteiger partial charge in [0.25, 0.3) is 0 Å². The van der Waals surface area contributed by atoms with Crippen LogP contribution in [0.1, 0.15) is 38.7 Å². The highest BCUT2D eigenvalue weighted by Gasteiger charge is 2.16. The number of nitrogens with zero attached hydrogens (tertiary/aromatic N) is 1. The number of hydrogen-bond acceptors (Lipinski definition) is 4. The average Bonchev–Trinajstić information content (AvgIpc) is 2.77. The van der Waals surface area contributed by atoms with Crippen LogP contribution >= 0.6 is 11.3 Å². The summed E-state index contributed by atoms with van der Waals surface area (Å²) in [4.78, 5) is 16.4. The lowest BCUT2D eigenvalue weighted by Gasteiger charge is -2.21. The summed E-state index contributed by atoms with van der Waals surface area (Å²) in [6.07, 6.45) is 0. The van der Waals surface area contributed by atoms with Gasteiger partial charge in [-0.1, -0.05) is 12.1 Å². The maximum absolute atomic E-state index is 11.8. The van der Waals surface area contributed by atoms with Crippen molar-refractivity contribution in [2.24, 2.45) is 0 Å². The fourth-order valence-corrected chi connectivity index (χ4v) is 2.87. The maximum Gasteiger partial charge on any atom is 0.234 e. The third-order valence-corrected chi connectivity index (χ3v) is 3.98. The summed E-state index contributed by atoms with van der Waals surface area (Å²) in [6, 6.07) is 8.14. The highest BCUT2D eigenvalue weighted by atomic mass is 32.1. The van der Waals surface area contributed by atoms with E-state index in [4.69, 9.17) is 0 Å². The summed E-state index contributed by atoms with van der Waals surface area (Å²) in [7, 11) is 0. The smallest absolute Gasteiger partial charge is 0.234 e. The number of carbonyl (C=O) groups is 1. The molecule has 2 rings (SSSR count). The van der Waals surface area contributed by atoms with Crippen molar-refractivity contribution < 1.29 is 4.79 Å². The predicted molar refractivity (Wildman–Crippen MR) is 83.9 cm³/mol. The number of thiazole rings is 1. The Morgan fingerprint density at radius 1 is 1.35 bits per heavy atom. The molecule has 1 aromatic carbocycles. The van der Waals surface area contributed by atoms with E-state index in [0.717, 1.165) is 10.5 Å². The zero-order valence-corrected chi connectivity index (χ0v) is 13.2. The molecular formula is C15H21N3OS. The lowest BCUT2D eigenvalue weighted by atomic mass is 10.1. The van der Waals surface area contributed by atoms with Crippen molar-refractivity contribution in [2.45, 2.75) is 39.3 Å². The fourth-order valence-electron chi connectivity index (χ4n) is 1.87. The minimum atomic E-state index is -0.197. The van der Waals surface area contributed by atoms with Gasteiger partial charge in [0.05, 0.1) is 22.8 Å². The number of carbonyl (C=O) groups excluding carboxylic acids is 1. The molecule has 4 nitrogen and oxygen atoms in total. The van der Waals surface area contributed by atoms with E-state index >= 15 is 0 Å². The second-order valence-corrected chi connectivity index (χ2v) is 6.98. The molecule has 2 N–H and O–H groups in total. The van der Waals surface area contributed by atoms with Crippen LogP contribution in [0.3, 0.4) is 0 Å². The molecule has 1 atom stereocenters. The van der Waals surface area contributed by atoms with Crippen LogP contribution in [0.25, 0.3) is 10.2 Å². The zero-order valence-electron chi connectivity index (χ0n) is 12.4. The number of amides is 1. The number of rotatable bonds is 4. The van der Waals surface area contributed by atoms with Gasteiger partial charge in [0, 0.05) is 5.54 Å². The van der Waals surface area contributed by atoms with Crippen LogP contribution in [0.15, 0.2) is 24.3 Å². The molecule has 2 aromatic rings. The summed E-state index contributed by atoms with van der Waals surface area (Å²) < 4.78 is 1.18. The number of benzene rings is 1. The molecule has 0 aliphatic rings. The van der Waals surface area contributed by atoms with Crippen LogP contribution in [0.2, 0.25) is 0 Å². The summed E-state index contributed by atoms with van der Waals surface area (Å²) in [6.45, 7) is 8.25. The first-order valence-electron chi connectivity index (χ1n) is 6.75. The van der Waals surface area contributed by atoms with Gasteiger partial charge in [0.15, 0.2) is 0 Å². The van der Waals surface area contributed by atoms with E-state index in [1.54, 1.807) is 11.3 Å². The van der Waals surface area contributed by atoms with E-state index in [0.29, 0.717) is 6.54 Å². The molecule has 0 radical (unpaired) electrons. The molecule has 0 aliphatic carbocycles. The molecule has 108 valence electrons. The van der Waals surface area contributed by atoms with Crippen molar-refractivity contribution in [1.82, 2.24) is 15.6 Å². The van der Waals surface area contributed by atoms with E-state index in [1.165, 1.54) is 4.70 Å². The first kappa shape index (κ1) is 14.9. The topological polar surface area (TPSA) is 54.0 Å². The predicted octanol–water partition coefficient (Wildman–Crippen LogP) is 2.86. The van der Waals surface area contributed by atoms with E-state index in [9.17, 15) is 4.79 Å². The van der Waals surface area contributed by atoms with Crippen LogP contribution in [0.5, 0.6) is 0 Å². The van der Waals surface area contributed by atoms with Crippen molar-refractivity contribution in [1.29, 1.82) is 0 Å². The maximum atomic E-state index is 11.8. The first-order chi connectivity index (χ1) is 9.35. The zero-order chi connectivity index (χ0) is 14.8. The van der Waals surface area contributed by atoms with Gasteiger partial charge >= 0.3 is 0 Å². The molecule has 0 saturated carbocycles. The van der Waals surface area contributed by atoms with Crippen molar-refractivity contribution >= 4 is 27.5 Å². The quantitative estimate of drug-likeness (QED) is 0.910. The van der Waals surface area contributed by atoms with Crippen LogP contribution in [-0.2, 0) is 4.79 Å². The first-order valence-corrected chi connectivity index (χ1v) is 7.57. The molecule has 0 bridgehead atoms. The summed E-state index contributed by atoms with van der Waals surface area (Å²) >= 11 is 1.66. The SMILES string of the molecule is CC(NCC(=O)NC(C)(C)C)c1nc2ccccc2s1. The molecular weight excluding hydrogens is 270 g/mol. The van der Waals surface area contributed by atoms with Crippen molar-refractivity contribution in [3.63, 3.8) is 0 Å². The van der Waals surface area contributed by atoms with Gasteiger partial charge in [-0.15, -0.1) is 11.3 Å². The largest absolute Gasteiger partial charge is 0.350 e.